The van der Waals surface area contributed by atoms with Crippen LogP contribution in [0.5, 0.6) is 5.88 Å². The molecule has 2 bridgehead atoms. The SMILES string of the molecule is COc1ccc2cc(-c3ccc(C4C(O)C5CCN4CC5)cc3)ccc2n1. The summed E-state index contributed by atoms with van der Waals surface area (Å²) in [5, 5.41) is 11.8. The number of piperidine rings is 3. The number of benzene rings is 2. The van der Waals surface area contributed by atoms with Crippen LogP contribution in [0.25, 0.3) is 22.0 Å². The van der Waals surface area contributed by atoms with E-state index in [1.807, 2.05) is 18.2 Å². The van der Waals surface area contributed by atoms with Gasteiger partial charge in [-0.2, -0.15) is 0 Å². The zero-order valence-electron chi connectivity index (χ0n) is 15.5. The highest BCUT2D eigenvalue weighted by Gasteiger charge is 2.41. The maximum Gasteiger partial charge on any atom is 0.213 e. The summed E-state index contributed by atoms with van der Waals surface area (Å²) < 4.78 is 5.20. The molecular formula is C23H24N2O2. The van der Waals surface area contributed by atoms with E-state index in [1.54, 1.807) is 7.11 Å². The lowest BCUT2D eigenvalue weighted by molar-refractivity contribution is -0.0739. The Morgan fingerprint density at radius 1 is 0.963 bits per heavy atom. The number of fused-ring (bicyclic) bond motifs is 4. The maximum absolute atomic E-state index is 10.7. The Labute approximate surface area is 159 Å². The second-order valence-corrected chi connectivity index (χ2v) is 7.69. The zero-order chi connectivity index (χ0) is 18.4. The summed E-state index contributed by atoms with van der Waals surface area (Å²) in [7, 11) is 1.63. The van der Waals surface area contributed by atoms with Gasteiger partial charge < -0.3 is 9.84 Å². The Kier molecular flexibility index (Phi) is 4.10. The molecule has 1 N–H and O–H groups in total. The maximum atomic E-state index is 10.7. The highest BCUT2D eigenvalue weighted by molar-refractivity contribution is 5.84. The van der Waals surface area contributed by atoms with E-state index in [0.29, 0.717) is 11.8 Å². The van der Waals surface area contributed by atoms with Crippen LogP contribution in [-0.4, -0.2) is 41.3 Å². The summed E-state index contributed by atoms with van der Waals surface area (Å²) in [5.41, 5.74) is 4.51. The number of methoxy groups -OCH3 is 1. The first-order valence-corrected chi connectivity index (χ1v) is 9.70. The zero-order valence-corrected chi connectivity index (χ0v) is 15.5. The second-order valence-electron chi connectivity index (χ2n) is 7.69. The standard InChI is InChI=1S/C23H24N2O2/c1-27-21-9-7-19-14-18(6-8-20(19)24-21)15-2-4-16(5-3-15)22-23(26)17-10-12-25(22)13-11-17/h2-9,14,17,22-23,26H,10-13H2,1H3. The smallest absolute Gasteiger partial charge is 0.213 e. The third-order valence-electron chi connectivity index (χ3n) is 6.23. The van der Waals surface area contributed by atoms with Gasteiger partial charge in [0.15, 0.2) is 0 Å². The number of ether oxygens (including phenoxy) is 1. The number of aliphatic hydroxyl groups excluding tert-OH is 1. The summed E-state index contributed by atoms with van der Waals surface area (Å²) in [6.07, 6.45) is 2.03. The number of pyridine rings is 1. The molecule has 3 fully saturated rings. The van der Waals surface area contributed by atoms with E-state index in [9.17, 15) is 5.11 Å². The molecule has 0 amide bonds. The first kappa shape index (κ1) is 16.7. The quantitative estimate of drug-likeness (QED) is 0.766. The van der Waals surface area contributed by atoms with Gasteiger partial charge >= 0.3 is 0 Å². The number of nitrogens with zero attached hydrogens (tertiary/aromatic N) is 2. The van der Waals surface area contributed by atoms with Crippen molar-refractivity contribution in [1.29, 1.82) is 0 Å². The summed E-state index contributed by atoms with van der Waals surface area (Å²) in [6.45, 7) is 2.21. The number of aromatic nitrogens is 1. The van der Waals surface area contributed by atoms with E-state index in [2.05, 4.69) is 46.3 Å². The minimum atomic E-state index is -0.236. The Balaban J connectivity index is 1.44. The molecule has 6 rings (SSSR count). The van der Waals surface area contributed by atoms with Gasteiger partial charge in [0.25, 0.3) is 0 Å². The molecule has 2 unspecified atom stereocenters. The minimum Gasteiger partial charge on any atom is -0.481 e. The van der Waals surface area contributed by atoms with E-state index in [4.69, 9.17) is 4.74 Å². The van der Waals surface area contributed by atoms with Crippen LogP contribution in [0, 0.1) is 5.92 Å². The molecule has 2 aromatic carbocycles. The van der Waals surface area contributed by atoms with Crippen molar-refractivity contribution in [2.24, 2.45) is 5.92 Å². The van der Waals surface area contributed by atoms with E-state index < -0.39 is 0 Å². The third kappa shape index (κ3) is 2.89. The molecule has 0 spiro atoms. The van der Waals surface area contributed by atoms with Gasteiger partial charge in [-0.3, -0.25) is 4.90 Å². The Hall–Kier alpha value is -2.43. The van der Waals surface area contributed by atoms with Gasteiger partial charge in [0.1, 0.15) is 0 Å². The average Bonchev–Trinajstić information content (AvgIpc) is 2.74. The normalized spacial score (nSPS) is 27.0. The molecule has 27 heavy (non-hydrogen) atoms. The van der Waals surface area contributed by atoms with Crippen LogP contribution in [0.15, 0.2) is 54.6 Å². The van der Waals surface area contributed by atoms with Gasteiger partial charge in [0.2, 0.25) is 5.88 Å². The Morgan fingerprint density at radius 2 is 1.70 bits per heavy atom. The van der Waals surface area contributed by atoms with Crippen LogP contribution >= 0.6 is 0 Å². The molecule has 1 aromatic heterocycles. The lowest BCUT2D eigenvalue weighted by Gasteiger charge is -2.49. The third-order valence-corrected chi connectivity index (χ3v) is 6.23. The Bertz CT molecular complexity index is 960. The van der Waals surface area contributed by atoms with Gasteiger partial charge in [-0.15, -0.1) is 0 Å². The highest BCUT2D eigenvalue weighted by atomic mass is 16.5. The number of rotatable bonds is 3. The predicted octanol–water partition coefficient (Wildman–Crippen LogP) is 4.04. The lowest BCUT2D eigenvalue weighted by atomic mass is 9.78. The summed E-state index contributed by atoms with van der Waals surface area (Å²) in [6, 6.07) is 19.1. The number of hydrogen-bond donors (Lipinski definition) is 1. The van der Waals surface area contributed by atoms with E-state index in [1.165, 1.54) is 16.7 Å². The number of hydrogen-bond acceptors (Lipinski definition) is 4. The van der Waals surface area contributed by atoms with Crippen LogP contribution in [0.2, 0.25) is 0 Å². The molecule has 0 radical (unpaired) electrons. The van der Waals surface area contributed by atoms with Crippen LogP contribution in [0.1, 0.15) is 24.4 Å². The largest absolute Gasteiger partial charge is 0.481 e. The van der Waals surface area contributed by atoms with Crippen molar-refractivity contribution in [1.82, 2.24) is 9.88 Å². The van der Waals surface area contributed by atoms with Crippen molar-refractivity contribution in [2.45, 2.75) is 25.0 Å². The molecule has 4 nitrogen and oxygen atoms in total. The predicted molar refractivity (Wildman–Crippen MR) is 107 cm³/mol. The van der Waals surface area contributed by atoms with Crippen molar-refractivity contribution in [3.8, 4) is 17.0 Å². The van der Waals surface area contributed by atoms with Crippen molar-refractivity contribution >= 4 is 10.9 Å². The fraction of sp³-hybridized carbons (Fsp3) is 0.348. The van der Waals surface area contributed by atoms with Crippen LogP contribution < -0.4 is 4.74 Å². The monoisotopic (exact) mass is 360 g/mol. The average molecular weight is 360 g/mol. The van der Waals surface area contributed by atoms with Gasteiger partial charge in [0, 0.05) is 11.5 Å². The first-order valence-electron chi connectivity index (χ1n) is 9.70. The van der Waals surface area contributed by atoms with Crippen LogP contribution in [0.3, 0.4) is 0 Å². The molecule has 3 aliphatic heterocycles. The molecule has 3 aromatic rings. The second kappa shape index (κ2) is 6.63. The minimum absolute atomic E-state index is 0.153. The van der Waals surface area contributed by atoms with Gasteiger partial charge in [-0.1, -0.05) is 30.3 Å². The summed E-state index contributed by atoms with van der Waals surface area (Å²) in [5.74, 6) is 1.10. The molecule has 138 valence electrons. The molecule has 0 aliphatic carbocycles. The summed E-state index contributed by atoms with van der Waals surface area (Å²) in [4.78, 5) is 6.92. The van der Waals surface area contributed by atoms with Gasteiger partial charge in [0.05, 0.1) is 24.8 Å². The number of aliphatic hydroxyl groups is 1. The van der Waals surface area contributed by atoms with Crippen molar-refractivity contribution < 1.29 is 9.84 Å². The molecule has 4 heteroatoms. The molecule has 3 saturated heterocycles. The molecule has 4 heterocycles. The van der Waals surface area contributed by atoms with Crippen molar-refractivity contribution in [2.75, 3.05) is 20.2 Å². The molecule has 3 aliphatic rings. The Morgan fingerprint density at radius 3 is 2.41 bits per heavy atom. The lowest BCUT2D eigenvalue weighted by Crippen LogP contribution is -2.52. The van der Waals surface area contributed by atoms with Crippen LogP contribution in [-0.2, 0) is 0 Å². The highest BCUT2D eigenvalue weighted by Crippen LogP contribution is 2.41. The van der Waals surface area contributed by atoms with E-state index in [-0.39, 0.29) is 12.1 Å². The molecular weight excluding hydrogens is 336 g/mol. The van der Waals surface area contributed by atoms with Crippen molar-refractivity contribution in [3.05, 3.63) is 60.2 Å². The topological polar surface area (TPSA) is 45.6 Å². The van der Waals surface area contributed by atoms with E-state index in [0.717, 1.165) is 36.8 Å². The fourth-order valence-corrected chi connectivity index (χ4v) is 4.69. The molecule has 2 atom stereocenters. The first-order chi connectivity index (χ1) is 13.2. The van der Waals surface area contributed by atoms with Crippen molar-refractivity contribution in [3.63, 3.8) is 0 Å². The van der Waals surface area contributed by atoms with Gasteiger partial charge in [-0.25, -0.2) is 4.98 Å². The van der Waals surface area contributed by atoms with Gasteiger partial charge in [-0.05, 0) is 66.7 Å². The fourth-order valence-electron chi connectivity index (χ4n) is 4.69. The molecule has 0 saturated carbocycles. The van der Waals surface area contributed by atoms with E-state index >= 15 is 0 Å². The van der Waals surface area contributed by atoms with Crippen LogP contribution in [0.4, 0.5) is 0 Å². The summed E-state index contributed by atoms with van der Waals surface area (Å²) >= 11 is 0.